The number of nitrogens with zero attached hydrogens (tertiary/aromatic N) is 1. The van der Waals surface area contributed by atoms with Crippen molar-refractivity contribution in [3.63, 3.8) is 0 Å². The highest BCUT2D eigenvalue weighted by molar-refractivity contribution is 5.94. The second kappa shape index (κ2) is 5.38. The lowest BCUT2D eigenvalue weighted by molar-refractivity contribution is -0.140. The summed E-state index contributed by atoms with van der Waals surface area (Å²) in [6.07, 6.45) is -6.71. The van der Waals surface area contributed by atoms with Gasteiger partial charge in [-0.3, -0.25) is 4.79 Å². The zero-order chi connectivity index (χ0) is 14.8. The van der Waals surface area contributed by atoms with Gasteiger partial charge in [0.1, 0.15) is 6.61 Å². The fourth-order valence-electron chi connectivity index (χ4n) is 1.91. The highest BCUT2D eigenvalue weighted by Crippen LogP contribution is 2.32. The zero-order valence-electron chi connectivity index (χ0n) is 11.2. The zero-order valence-corrected chi connectivity index (χ0v) is 11.2. The van der Waals surface area contributed by atoms with Crippen molar-refractivity contribution in [3.8, 4) is 0 Å². The van der Waals surface area contributed by atoms with E-state index in [4.69, 9.17) is 4.74 Å². The SMILES string of the molecule is CC(C)C1(C)COC(=O)N1C(=O)CCCC(F)(F)F. The van der Waals surface area contributed by atoms with Gasteiger partial charge in [-0.05, 0) is 19.3 Å². The maximum atomic E-state index is 12.0. The summed E-state index contributed by atoms with van der Waals surface area (Å²) < 4.78 is 40.9. The van der Waals surface area contributed by atoms with Crippen LogP contribution < -0.4 is 0 Å². The normalized spacial score (nSPS) is 23.9. The van der Waals surface area contributed by atoms with Crippen molar-refractivity contribution < 1.29 is 27.5 Å². The fraction of sp³-hybridized carbons (Fsp3) is 0.833. The molecular weight excluding hydrogens is 263 g/mol. The second-order valence-corrected chi connectivity index (χ2v) is 5.26. The molecule has 1 atom stereocenters. The third-order valence-corrected chi connectivity index (χ3v) is 3.53. The van der Waals surface area contributed by atoms with Gasteiger partial charge < -0.3 is 4.74 Å². The molecule has 1 aliphatic heterocycles. The molecule has 4 nitrogen and oxygen atoms in total. The molecule has 1 heterocycles. The Bertz CT molecular complexity index is 368. The number of alkyl halides is 3. The molecule has 0 aliphatic carbocycles. The Morgan fingerprint density at radius 2 is 2.05 bits per heavy atom. The predicted molar refractivity (Wildman–Crippen MR) is 61.3 cm³/mol. The lowest BCUT2D eigenvalue weighted by atomic mass is 9.88. The van der Waals surface area contributed by atoms with Crippen LogP contribution in [-0.2, 0) is 9.53 Å². The van der Waals surface area contributed by atoms with Crippen molar-refractivity contribution in [2.45, 2.75) is 51.7 Å². The molecule has 0 N–H and O–H groups in total. The Balaban J connectivity index is 2.66. The van der Waals surface area contributed by atoms with Gasteiger partial charge in [-0.2, -0.15) is 13.2 Å². The summed E-state index contributed by atoms with van der Waals surface area (Å²) in [7, 11) is 0. The molecular formula is C12H18F3NO3. The number of imide groups is 1. The summed E-state index contributed by atoms with van der Waals surface area (Å²) in [5.74, 6) is -0.645. The standard InChI is InChI=1S/C12H18F3NO3/c1-8(2)11(3)7-19-10(18)16(11)9(17)5-4-6-12(13,14)15/h8H,4-7H2,1-3H3. The van der Waals surface area contributed by atoms with Gasteiger partial charge in [0, 0.05) is 12.8 Å². The van der Waals surface area contributed by atoms with Crippen LogP contribution in [0.1, 0.15) is 40.0 Å². The number of rotatable bonds is 4. The molecule has 0 aromatic heterocycles. The summed E-state index contributed by atoms with van der Waals surface area (Å²) in [6.45, 7) is 5.44. The monoisotopic (exact) mass is 281 g/mol. The van der Waals surface area contributed by atoms with E-state index >= 15 is 0 Å². The molecule has 2 amide bonds. The first kappa shape index (κ1) is 15.8. The molecule has 19 heavy (non-hydrogen) atoms. The lowest BCUT2D eigenvalue weighted by Crippen LogP contribution is -2.51. The Morgan fingerprint density at radius 3 is 2.53 bits per heavy atom. The molecule has 1 fully saturated rings. The lowest BCUT2D eigenvalue weighted by Gasteiger charge is -2.33. The van der Waals surface area contributed by atoms with E-state index < -0.39 is 30.1 Å². The Morgan fingerprint density at radius 1 is 1.47 bits per heavy atom. The summed E-state index contributed by atoms with van der Waals surface area (Å²) in [5, 5.41) is 0. The number of carbonyl (C=O) groups excluding carboxylic acids is 2. The molecule has 0 aromatic rings. The first-order chi connectivity index (χ1) is 8.58. The van der Waals surface area contributed by atoms with E-state index in [0.717, 1.165) is 4.90 Å². The topological polar surface area (TPSA) is 46.6 Å². The average Bonchev–Trinajstić information content (AvgIpc) is 2.54. The molecule has 0 bridgehead atoms. The molecule has 1 rings (SSSR count). The van der Waals surface area contributed by atoms with Gasteiger partial charge in [0.05, 0.1) is 5.54 Å². The third kappa shape index (κ3) is 3.61. The maximum Gasteiger partial charge on any atom is 0.417 e. The molecule has 0 saturated carbocycles. The van der Waals surface area contributed by atoms with Crippen LogP contribution in [-0.4, -0.2) is 35.2 Å². The molecule has 7 heteroatoms. The fourth-order valence-corrected chi connectivity index (χ4v) is 1.91. The molecule has 0 radical (unpaired) electrons. The van der Waals surface area contributed by atoms with Gasteiger partial charge in [0.25, 0.3) is 0 Å². The van der Waals surface area contributed by atoms with Crippen molar-refractivity contribution in [1.82, 2.24) is 4.90 Å². The van der Waals surface area contributed by atoms with E-state index in [2.05, 4.69) is 0 Å². The van der Waals surface area contributed by atoms with Gasteiger partial charge >= 0.3 is 12.3 Å². The number of cyclic esters (lactones) is 1. The smallest absolute Gasteiger partial charge is 0.417 e. The van der Waals surface area contributed by atoms with Gasteiger partial charge in [-0.25, -0.2) is 9.69 Å². The van der Waals surface area contributed by atoms with Gasteiger partial charge in [-0.1, -0.05) is 13.8 Å². The van der Waals surface area contributed by atoms with Crippen molar-refractivity contribution >= 4 is 12.0 Å². The van der Waals surface area contributed by atoms with Crippen LogP contribution in [0.2, 0.25) is 0 Å². The Hall–Kier alpha value is -1.27. The Kier molecular flexibility index (Phi) is 4.47. The largest absolute Gasteiger partial charge is 0.447 e. The average molecular weight is 281 g/mol. The van der Waals surface area contributed by atoms with E-state index in [0.29, 0.717) is 0 Å². The van der Waals surface area contributed by atoms with Crippen molar-refractivity contribution in [2.24, 2.45) is 5.92 Å². The van der Waals surface area contributed by atoms with Crippen molar-refractivity contribution in [2.75, 3.05) is 6.61 Å². The van der Waals surface area contributed by atoms with E-state index in [1.807, 2.05) is 13.8 Å². The van der Waals surface area contributed by atoms with Crippen LogP contribution in [0.3, 0.4) is 0 Å². The summed E-state index contributed by atoms with van der Waals surface area (Å²) in [6, 6.07) is 0. The van der Waals surface area contributed by atoms with E-state index in [1.165, 1.54) is 0 Å². The maximum absolute atomic E-state index is 12.0. The minimum atomic E-state index is -4.28. The third-order valence-electron chi connectivity index (χ3n) is 3.53. The highest BCUT2D eigenvalue weighted by Gasteiger charge is 2.49. The van der Waals surface area contributed by atoms with Crippen LogP contribution in [0, 0.1) is 5.92 Å². The first-order valence-electron chi connectivity index (χ1n) is 6.14. The van der Waals surface area contributed by atoms with E-state index in [9.17, 15) is 22.8 Å². The Labute approximate surface area is 109 Å². The van der Waals surface area contributed by atoms with Crippen molar-refractivity contribution in [1.29, 1.82) is 0 Å². The number of amides is 2. The van der Waals surface area contributed by atoms with Crippen molar-refractivity contribution in [3.05, 3.63) is 0 Å². The van der Waals surface area contributed by atoms with E-state index in [1.54, 1.807) is 6.92 Å². The quantitative estimate of drug-likeness (QED) is 0.795. The number of ether oxygens (including phenoxy) is 1. The molecule has 110 valence electrons. The van der Waals surface area contributed by atoms with Crippen LogP contribution >= 0.6 is 0 Å². The van der Waals surface area contributed by atoms with Crippen LogP contribution in [0.15, 0.2) is 0 Å². The van der Waals surface area contributed by atoms with E-state index in [-0.39, 0.29) is 25.4 Å². The van der Waals surface area contributed by atoms with Gasteiger partial charge in [0.2, 0.25) is 5.91 Å². The number of hydrogen-bond donors (Lipinski definition) is 0. The van der Waals surface area contributed by atoms with Gasteiger partial charge in [-0.15, -0.1) is 0 Å². The summed E-state index contributed by atoms with van der Waals surface area (Å²) >= 11 is 0. The minimum Gasteiger partial charge on any atom is -0.447 e. The molecule has 0 aromatic carbocycles. The summed E-state index contributed by atoms with van der Waals surface area (Å²) in [4.78, 5) is 24.4. The predicted octanol–water partition coefficient (Wildman–Crippen LogP) is 3.11. The first-order valence-corrected chi connectivity index (χ1v) is 6.14. The molecule has 1 unspecified atom stereocenters. The number of hydrogen-bond acceptors (Lipinski definition) is 3. The van der Waals surface area contributed by atoms with Crippen LogP contribution in [0.25, 0.3) is 0 Å². The molecule has 1 saturated heterocycles. The minimum absolute atomic E-state index is 0.0366. The number of halogens is 3. The number of carbonyl (C=O) groups is 2. The highest BCUT2D eigenvalue weighted by atomic mass is 19.4. The van der Waals surface area contributed by atoms with Gasteiger partial charge in [0.15, 0.2) is 0 Å². The molecule has 0 spiro atoms. The van der Waals surface area contributed by atoms with Crippen LogP contribution in [0.4, 0.5) is 18.0 Å². The molecule has 1 aliphatic rings. The van der Waals surface area contributed by atoms with Crippen LogP contribution in [0.5, 0.6) is 0 Å². The second-order valence-electron chi connectivity index (χ2n) is 5.26. The summed E-state index contributed by atoms with van der Waals surface area (Å²) in [5.41, 5.74) is -0.785.